The van der Waals surface area contributed by atoms with Crippen molar-refractivity contribution in [2.45, 2.75) is 81.1 Å². The first-order valence-electron chi connectivity index (χ1n) is 13.2. The van der Waals surface area contributed by atoms with Crippen LogP contribution in [0.4, 0.5) is 0 Å². The molecule has 0 atom stereocenters. The monoisotopic (exact) mass is 522 g/mol. The van der Waals surface area contributed by atoms with Crippen LogP contribution in [-0.2, 0) is 22.4 Å². The highest BCUT2D eigenvalue weighted by Crippen LogP contribution is 2.39. The molecule has 2 aromatic rings. The van der Waals surface area contributed by atoms with Crippen LogP contribution in [0.3, 0.4) is 0 Å². The molecule has 0 heterocycles. The summed E-state index contributed by atoms with van der Waals surface area (Å²) in [4.78, 5) is 37.8. The number of hydrogen-bond acceptors (Lipinski definition) is 6. The van der Waals surface area contributed by atoms with E-state index in [0.29, 0.717) is 29.2 Å². The largest absolute Gasteiger partial charge is 0.496 e. The van der Waals surface area contributed by atoms with Crippen LogP contribution in [0.15, 0.2) is 36.4 Å². The maximum Gasteiger partial charge on any atom is 0.316 e. The third-order valence-electron chi connectivity index (χ3n) is 5.84. The van der Waals surface area contributed by atoms with E-state index in [1.54, 1.807) is 58.2 Å². The van der Waals surface area contributed by atoms with Gasteiger partial charge in [0.05, 0.1) is 17.9 Å². The molecule has 2 aromatic carbocycles. The highest BCUT2D eigenvalue weighted by atomic mass is 16.5. The Bertz CT molecular complexity index is 1170. The van der Waals surface area contributed by atoms with Gasteiger partial charge in [-0.1, -0.05) is 26.7 Å². The third kappa shape index (κ3) is 8.04. The van der Waals surface area contributed by atoms with Crippen LogP contribution < -0.4 is 14.2 Å². The Kier molecular flexibility index (Phi) is 10.5. The maximum absolute atomic E-state index is 12.9. The van der Waals surface area contributed by atoms with Gasteiger partial charge in [-0.05, 0) is 102 Å². The van der Waals surface area contributed by atoms with E-state index in [0.717, 1.165) is 36.0 Å². The molecule has 0 bridgehead atoms. The average molecular weight is 523 g/mol. The first-order chi connectivity index (χ1) is 17.7. The van der Waals surface area contributed by atoms with Crippen molar-refractivity contribution in [3.8, 4) is 17.2 Å². The molecule has 0 N–H and O–H groups in total. The lowest BCUT2D eigenvalue weighted by Crippen LogP contribution is -2.26. The molecular weight excluding hydrogens is 480 g/mol. The first kappa shape index (κ1) is 30.8. The predicted molar refractivity (Wildman–Crippen MR) is 151 cm³/mol. The van der Waals surface area contributed by atoms with Crippen LogP contribution in [0.2, 0.25) is 0 Å². The van der Waals surface area contributed by atoms with E-state index in [1.807, 2.05) is 26.8 Å². The quantitative estimate of drug-likeness (QED) is 0.140. The lowest BCUT2D eigenvalue weighted by Gasteiger charge is -2.23. The van der Waals surface area contributed by atoms with Crippen LogP contribution in [0.25, 0.3) is 6.08 Å². The van der Waals surface area contributed by atoms with E-state index >= 15 is 0 Å². The van der Waals surface area contributed by atoms with Crippen molar-refractivity contribution in [3.63, 3.8) is 0 Å². The summed E-state index contributed by atoms with van der Waals surface area (Å²) in [5.41, 5.74) is 1.69. The van der Waals surface area contributed by atoms with Crippen LogP contribution in [-0.4, -0.2) is 24.8 Å². The van der Waals surface area contributed by atoms with Crippen molar-refractivity contribution in [2.75, 3.05) is 7.11 Å². The first-order valence-corrected chi connectivity index (χ1v) is 13.2. The fraction of sp³-hybridized carbons (Fsp3) is 0.469. The lowest BCUT2D eigenvalue weighted by molar-refractivity contribution is -0.143. The Morgan fingerprint density at radius 3 is 1.84 bits per heavy atom. The molecular formula is C32H42O6. The summed E-state index contributed by atoms with van der Waals surface area (Å²) in [5, 5.41) is 0. The molecule has 2 rings (SSSR count). The molecule has 38 heavy (non-hydrogen) atoms. The number of esters is 2. The van der Waals surface area contributed by atoms with Gasteiger partial charge in [0.15, 0.2) is 5.78 Å². The summed E-state index contributed by atoms with van der Waals surface area (Å²) in [6.45, 7) is 15.0. The molecule has 0 amide bonds. The molecule has 0 saturated carbocycles. The highest BCUT2D eigenvalue weighted by Gasteiger charge is 2.28. The van der Waals surface area contributed by atoms with Crippen molar-refractivity contribution in [1.82, 2.24) is 0 Å². The Morgan fingerprint density at radius 2 is 1.34 bits per heavy atom. The summed E-state index contributed by atoms with van der Waals surface area (Å²) in [7, 11) is 1.58. The van der Waals surface area contributed by atoms with Crippen molar-refractivity contribution >= 4 is 23.8 Å². The molecule has 6 nitrogen and oxygen atoms in total. The number of ether oxygens (including phenoxy) is 3. The number of rotatable bonds is 10. The van der Waals surface area contributed by atoms with Crippen LogP contribution in [0, 0.1) is 10.8 Å². The van der Waals surface area contributed by atoms with Gasteiger partial charge < -0.3 is 14.2 Å². The molecule has 0 unspecified atom stereocenters. The van der Waals surface area contributed by atoms with Gasteiger partial charge in [-0.3, -0.25) is 14.4 Å². The molecule has 0 aliphatic rings. The zero-order chi connectivity index (χ0) is 28.7. The molecule has 0 aliphatic heterocycles. The minimum Gasteiger partial charge on any atom is -0.496 e. The molecule has 206 valence electrons. The zero-order valence-corrected chi connectivity index (χ0v) is 24.3. The molecule has 0 aromatic heterocycles. The van der Waals surface area contributed by atoms with Gasteiger partial charge in [0, 0.05) is 16.7 Å². The van der Waals surface area contributed by atoms with Crippen molar-refractivity contribution in [3.05, 3.63) is 58.7 Å². The second kappa shape index (κ2) is 12.9. The van der Waals surface area contributed by atoms with Crippen molar-refractivity contribution in [2.24, 2.45) is 10.8 Å². The molecule has 0 aliphatic carbocycles. The predicted octanol–water partition coefficient (Wildman–Crippen LogP) is 7.40. The van der Waals surface area contributed by atoms with Gasteiger partial charge in [-0.15, -0.1) is 0 Å². The number of methoxy groups -OCH3 is 1. The van der Waals surface area contributed by atoms with Crippen LogP contribution >= 0.6 is 0 Å². The number of carbonyl (C=O) groups is 3. The zero-order valence-electron chi connectivity index (χ0n) is 24.3. The van der Waals surface area contributed by atoms with Crippen molar-refractivity contribution < 1.29 is 28.6 Å². The number of ketones is 1. The van der Waals surface area contributed by atoms with E-state index in [9.17, 15) is 14.4 Å². The van der Waals surface area contributed by atoms with Gasteiger partial charge in [0.1, 0.15) is 17.2 Å². The van der Waals surface area contributed by atoms with Gasteiger partial charge in [0.2, 0.25) is 0 Å². The summed E-state index contributed by atoms with van der Waals surface area (Å²) >= 11 is 0. The van der Waals surface area contributed by atoms with Crippen LogP contribution in [0.1, 0.15) is 95.3 Å². The number of aryl methyl sites for hydroxylation is 1. The van der Waals surface area contributed by atoms with Gasteiger partial charge in [0.25, 0.3) is 0 Å². The molecule has 0 saturated heterocycles. The Morgan fingerprint density at radius 1 is 0.789 bits per heavy atom. The summed E-state index contributed by atoms with van der Waals surface area (Å²) in [5.74, 6) is 0.709. The minimum absolute atomic E-state index is 0.196. The third-order valence-corrected chi connectivity index (χ3v) is 5.84. The molecule has 0 spiro atoms. The van der Waals surface area contributed by atoms with Crippen LogP contribution in [0.5, 0.6) is 17.2 Å². The van der Waals surface area contributed by atoms with E-state index in [-0.39, 0.29) is 17.7 Å². The number of allylic oxidation sites excluding steroid dienone is 1. The van der Waals surface area contributed by atoms with Gasteiger partial charge >= 0.3 is 11.9 Å². The average Bonchev–Trinajstić information content (AvgIpc) is 2.83. The fourth-order valence-corrected chi connectivity index (χ4v) is 3.67. The summed E-state index contributed by atoms with van der Waals surface area (Å²) in [6.07, 6.45) is 6.32. The number of benzene rings is 2. The van der Waals surface area contributed by atoms with E-state index in [4.69, 9.17) is 14.2 Å². The normalized spacial score (nSPS) is 11.9. The number of hydrogen-bond donors (Lipinski definition) is 0. The Balaban J connectivity index is 2.43. The summed E-state index contributed by atoms with van der Waals surface area (Å²) < 4.78 is 17.1. The highest BCUT2D eigenvalue weighted by molar-refractivity contribution is 6.07. The second-order valence-corrected chi connectivity index (χ2v) is 11.5. The molecule has 6 heteroatoms. The van der Waals surface area contributed by atoms with E-state index in [2.05, 4.69) is 13.8 Å². The topological polar surface area (TPSA) is 78.9 Å². The smallest absolute Gasteiger partial charge is 0.316 e. The lowest BCUT2D eigenvalue weighted by atomic mass is 9.94. The second-order valence-electron chi connectivity index (χ2n) is 11.5. The SMILES string of the molecule is CCCc1cc(C=CC(=O)c2ccc(OC(=O)C(C)(C)C)cc2)c(OC)c(CCC)c1OC(=O)C(C)(C)C. The number of carbonyl (C=O) groups excluding carboxylic acids is 3. The standard InChI is InChI=1S/C32H42O6/c1-10-12-22-20-23(27(36-9)25(13-11-2)28(22)38-30(35)32(6,7)8)16-19-26(33)21-14-17-24(18-15-21)37-29(34)31(3,4)5/h14-20H,10-13H2,1-9H3. The fourth-order valence-electron chi connectivity index (χ4n) is 3.67. The Labute approximate surface area is 227 Å². The molecule has 0 fully saturated rings. The summed E-state index contributed by atoms with van der Waals surface area (Å²) in [6, 6.07) is 8.43. The Hall–Kier alpha value is -3.41. The van der Waals surface area contributed by atoms with E-state index < -0.39 is 10.8 Å². The maximum atomic E-state index is 12.9. The molecule has 0 radical (unpaired) electrons. The minimum atomic E-state index is -0.647. The van der Waals surface area contributed by atoms with E-state index in [1.165, 1.54) is 6.08 Å². The van der Waals surface area contributed by atoms with Crippen molar-refractivity contribution in [1.29, 1.82) is 0 Å². The van der Waals surface area contributed by atoms with Gasteiger partial charge in [-0.2, -0.15) is 0 Å². The van der Waals surface area contributed by atoms with Gasteiger partial charge in [-0.25, -0.2) is 0 Å².